The highest BCUT2D eigenvalue weighted by atomic mass is 35.5. The summed E-state index contributed by atoms with van der Waals surface area (Å²) in [4.78, 5) is 0. The first kappa shape index (κ1) is 10.0. The molecule has 0 spiro atoms. The van der Waals surface area contributed by atoms with Gasteiger partial charge in [-0.05, 0) is 37.1 Å². The van der Waals surface area contributed by atoms with Crippen LogP contribution in [0.1, 0.15) is 25.3 Å². The minimum absolute atomic E-state index is 0.417. The molecule has 14 heavy (non-hydrogen) atoms. The molecule has 0 bridgehead atoms. The molecule has 0 amide bonds. The van der Waals surface area contributed by atoms with Crippen molar-refractivity contribution in [2.45, 2.75) is 25.2 Å². The zero-order valence-corrected chi connectivity index (χ0v) is 9.27. The SMILES string of the molecule is CCNCC1(c2ccc(Cl)cc2)CC1. The first-order chi connectivity index (χ1) is 6.77. The molecule has 1 aliphatic rings. The van der Waals surface area contributed by atoms with Gasteiger partial charge in [0.25, 0.3) is 0 Å². The van der Waals surface area contributed by atoms with E-state index >= 15 is 0 Å². The third kappa shape index (κ3) is 1.94. The van der Waals surface area contributed by atoms with E-state index < -0.39 is 0 Å². The van der Waals surface area contributed by atoms with Crippen molar-refractivity contribution in [2.75, 3.05) is 13.1 Å². The Labute approximate surface area is 90.5 Å². The van der Waals surface area contributed by atoms with Gasteiger partial charge in [0, 0.05) is 17.0 Å². The molecular weight excluding hydrogens is 194 g/mol. The molecule has 76 valence electrons. The predicted molar refractivity (Wildman–Crippen MR) is 60.9 cm³/mol. The van der Waals surface area contributed by atoms with Gasteiger partial charge in [0.05, 0.1) is 0 Å². The van der Waals surface area contributed by atoms with Gasteiger partial charge in [-0.2, -0.15) is 0 Å². The lowest BCUT2D eigenvalue weighted by Crippen LogP contribution is -2.26. The van der Waals surface area contributed by atoms with Crippen LogP contribution in [0.3, 0.4) is 0 Å². The van der Waals surface area contributed by atoms with Crippen LogP contribution in [0.4, 0.5) is 0 Å². The van der Waals surface area contributed by atoms with Gasteiger partial charge < -0.3 is 5.32 Å². The molecule has 2 heteroatoms. The quantitative estimate of drug-likeness (QED) is 0.804. The second-order valence-corrected chi connectivity index (χ2v) is 4.50. The number of benzene rings is 1. The molecule has 1 aromatic carbocycles. The van der Waals surface area contributed by atoms with Crippen molar-refractivity contribution in [3.8, 4) is 0 Å². The summed E-state index contributed by atoms with van der Waals surface area (Å²) in [6.45, 7) is 4.30. The van der Waals surface area contributed by atoms with Crippen molar-refractivity contribution in [3.05, 3.63) is 34.9 Å². The standard InChI is InChI=1S/C12H16ClN/c1-2-14-9-12(7-8-12)10-3-5-11(13)6-4-10/h3-6,14H,2,7-9H2,1H3. The third-order valence-corrected chi connectivity index (χ3v) is 3.28. The van der Waals surface area contributed by atoms with E-state index in [0.717, 1.165) is 18.1 Å². The Kier molecular flexibility index (Phi) is 2.80. The van der Waals surface area contributed by atoms with Crippen LogP contribution in [-0.2, 0) is 5.41 Å². The van der Waals surface area contributed by atoms with Gasteiger partial charge in [0.1, 0.15) is 0 Å². The van der Waals surface area contributed by atoms with Gasteiger partial charge in [0.15, 0.2) is 0 Å². The lowest BCUT2D eigenvalue weighted by atomic mass is 9.96. The molecule has 2 rings (SSSR count). The Bertz CT molecular complexity index is 301. The van der Waals surface area contributed by atoms with E-state index in [2.05, 4.69) is 24.4 Å². The van der Waals surface area contributed by atoms with E-state index in [-0.39, 0.29) is 0 Å². The van der Waals surface area contributed by atoms with Crippen molar-refractivity contribution in [2.24, 2.45) is 0 Å². The Morgan fingerprint density at radius 2 is 1.93 bits per heavy atom. The maximum atomic E-state index is 5.87. The second kappa shape index (κ2) is 3.92. The highest BCUT2D eigenvalue weighted by Gasteiger charge is 2.43. The van der Waals surface area contributed by atoms with E-state index in [1.165, 1.54) is 18.4 Å². The monoisotopic (exact) mass is 209 g/mol. The molecular formula is C12H16ClN. The lowest BCUT2D eigenvalue weighted by Gasteiger charge is -2.15. The molecule has 1 nitrogen and oxygen atoms in total. The van der Waals surface area contributed by atoms with Gasteiger partial charge in [-0.15, -0.1) is 0 Å². The van der Waals surface area contributed by atoms with Crippen LogP contribution in [0.5, 0.6) is 0 Å². The molecule has 0 saturated heterocycles. The molecule has 1 aliphatic carbocycles. The fourth-order valence-corrected chi connectivity index (χ4v) is 2.01. The summed E-state index contributed by atoms with van der Waals surface area (Å²) in [6, 6.07) is 8.30. The van der Waals surface area contributed by atoms with Crippen LogP contribution in [0.2, 0.25) is 5.02 Å². The molecule has 1 N–H and O–H groups in total. The summed E-state index contributed by atoms with van der Waals surface area (Å²) in [5, 5.41) is 4.26. The topological polar surface area (TPSA) is 12.0 Å². The summed E-state index contributed by atoms with van der Waals surface area (Å²) in [7, 11) is 0. The molecule has 0 heterocycles. The Balaban J connectivity index is 2.10. The molecule has 0 unspecified atom stereocenters. The van der Waals surface area contributed by atoms with Crippen LogP contribution in [-0.4, -0.2) is 13.1 Å². The summed E-state index contributed by atoms with van der Waals surface area (Å²) in [6.07, 6.45) is 2.61. The minimum Gasteiger partial charge on any atom is -0.316 e. The molecule has 1 aromatic rings. The maximum Gasteiger partial charge on any atom is 0.0406 e. The van der Waals surface area contributed by atoms with Crippen LogP contribution in [0, 0.1) is 0 Å². The van der Waals surface area contributed by atoms with Gasteiger partial charge in [-0.25, -0.2) is 0 Å². The van der Waals surface area contributed by atoms with Gasteiger partial charge in [0.2, 0.25) is 0 Å². The fraction of sp³-hybridized carbons (Fsp3) is 0.500. The molecule has 1 fully saturated rings. The number of hydrogen-bond donors (Lipinski definition) is 1. The highest BCUT2D eigenvalue weighted by Crippen LogP contribution is 2.47. The van der Waals surface area contributed by atoms with Crippen LogP contribution in [0.15, 0.2) is 24.3 Å². The van der Waals surface area contributed by atoms with Crippen molar-refractivity contribution in [3.63, 3.8) is 0 Å². The third-order valence-electron chi connectivity index (χ3n) is 3.02. The summed E-state index contributed by atoms with van der Waals surface area (Å²) >= 11 is 5.87. The molecule has 0 radical (unpaired) electrons. The highest BCUT2D eigenvalue weighted by molar-refractivity contribution is 6.30. The van der Waals surface area contributed by atoms with Crippen LogP contribution < -0.4 is 5.32 Å². The summed E-state index contributed by atoms with van der Waals surface area (Å²) < 4.78 is 0. The Hall–Kier alpha value is -0.530. The lowest BCUT2D eigenvalue weighted by molar-refractivity contribution is 0.591. The molecule has 0 atom stereocenters. The van der Waals surface area contributed by atoms with E-state index in [0.29, 0.717) is 5.41 Å². The van der Waals surface area contributed by atoms with Crippen LogP contribution >= 0.6 is 11.6 Å². The van der Waals surface area contributed by atoms with E-state index in [4.69, 9.17) is 11.6 Å². The number of likely N-dealkylation sites (N-methyl/N-ethyl adjacent to an activating group) is 1. The summed E-state index contributed by atoms with van der Waals surface area (Å²) in [5.41, 5.74) is 1.85. The van der Waals surface area contributed by atoms with Crippen molar-refractivity contribution in [1.29, 1.82) is 0 Å². The molecule has 0 aromatic heterocycles. The van der Waals surface area contributed by atoms with Gasteiger partial charge in [-0.1, -0.05) is 30.7 Å². The minimum atomic E-state index is 0.417. The number of halogens is 1. The first-order valence-electron chi connectivity index (χ1n) is 5.24. The zero-order chi connectivity index (χ0) is 10.0. The second-order valence-electron chi connectivity index (χ2n) is 4.07. The van der Waals surface area contributed by atoms with E-state index in [1.54, 1.807) is 0 Å². The van der Waals surface area contributed by atoms with Gasteiger partial charge >= 0.3 is 0 Å². The zero-order valence-electron chi connectivity index (χ0n) is 8.52. The predicted octanol–water partition coefficient (Wildman–Crippen LogP) is 2.98. The smallest absolute Gasteiger partial charge is 0.0406 e. The molecule has 1 saturated carbocycles. The van der Waals surface area contributed by atoms with Crippen molar-refractivity contribution >= 4 is 11.6 Å². The molecule has 0 aliphatic heterocycles. The Morgan fingerprint density at radius 1 is 1.29 bits per heavy atom. The Morgan fingerprint density at radius 3 is 2.43 bits per heavy atom. The average Bonchev–Trinajstić information content (AvgIpc) is 2.97. The van der Waals surface area contributed by atoms with E-state index in [1.807, 2.05) is 12.1 Å². The van der Waals surface area contributed by atoms with Crippen molar-refractivity contribution < 1.29 is 0 Å². The number of hydrogen-bond acceptors (Lipinski definition) is 1. The summed E-state index contributed by atoms with van der Waals surface area (Å²) in [5.74, 6) is 0. The average molecular weight is 210 g/mol. The fourth-order valence-electron chi connectivity index (χ4n) is 1.89. The number of rotatable bonds is 4. The largest absolute Gasteiger partial charge is 0.316 e. The van der Waals surface area contributed by atoms with Crippen molar-refractivity contribution in [1.82, 2.24) is 5.32 Å². The first-order valence-corrected chi connectivity index (χ1v) is 5.61. The van der Waals surface area contributed by atoms with Gasteiger partial charge in [-0.3, -0.25) is 0 Å². The maximum absolute atomic E-state index is 5.87. The van der Waals surface area contributed by atoms with Crippen LogP contribution in [0.25, 0.3) is 0 Å². The number of nitrogens with one attached hydrogen (secondary N) is 1. The van der Waals surface area contributed by atoms with E-state index in [9.17, 15) is 0 Å². The normalized spacial score (nSPS) is 18.1.